The van der Waals surface area contributed by atoms with E-state index in [1.165, 1.54) is 0 Å². The van der Waals surface area contributed by atoms with Crippen molar-refractivity contribution in [2.75, 3.05) is 79.3 Å². The van der Waals surface area contributed by atoms with E-state index < -0.39 is 57.0 Å². The Morgan fingerprint density at radius 1 is 0.267 bits per heavy atom. The minimum Gasteiger partial charge on any atom is -0.381 e. The van der Waals surface area contributed by atoms with Gasteiger partial charge in [0, 0.05) is 69.9 Å². The van der Waals surface area contributed by atoms with Crippen LogP contribution in [-0.4, -0.2) is 101 Å². The van der Waals surface area contributed by atoms with Gasteiger partial charge in [0.05, 0.1) is 58.3 Å². The quantitative estimate of drug-likeness (QED) is 0.0258. The van der Waals surface area contributed by atoms with Crippen molar-refractivity contribution in [2.45, 2.75) is 109 Å². The van der Waals surface area contributed by atoms with Gasteiger partial charge < -0.3 is 37.0 Å². The van der Waals surface area contributed by atoms with E-state index in [4.69, 9.17) is 37.0 Å². The van der Waals surface area contributed by atoms with Crippen LogP contribution in [0.2, 0.25) is 0 Å². The van der Waals surface area contributed by atoms with Crippen LogP contribution in [0, 0.1) is 88.5 Å². The van der Waals surface area contributed by atoms with Gasteiger partial charge in [-0.3, -0.25) is 37.4 Å². The van der Waals surface area contributed by atoms with Crippen molar-refractivity contribution in [1.29, 1.82) is 0 Å². The smallest absolute Gasteiger partial charge is 0.300 e. The van der Waals surface area contributed by atoms with Crippen LogP contribution in [0.3, 0.4) is 0 Å². The first-order chi connectivity index (χ1) is 48.2. The molecule has 0 amide bonds. The van der Waals surface area contributed by atoms with Crippen LogP contribution in [0.4, 0.5) is 0 Å². The fraction of sp³-hybridized carbons (Fsp3) is 0.358. The van der Waals surface area contributed by atoms with E-state index in [2.05, 4.69) is 0 Å². The molecule has 0 N–H and O–H groups in total. The summed E-state index contributed by atoms with van der Waals surface area (Å²) in [6.45, 7) is 21.8. The lowest BCUT2D eigenvalue weighted by Gasteiger charge is -2.33. The van der Waals surface area contributed by atoms with Crippen LogP contribution in [0.25, 0.3) is 0 Å². The number of ether oxygens (including phenoxy) is 4. The number of benzene rings is 8. The van der Waals surface area contributed by atoms with Crippen LogP contribution in [0.15, 0.2) is 170 Å². The summed E-state index contributed by atoms with van der Waals surface area (Å²) >= 11 is 0. The molecular formula is C81H96O16P4. The second-order valence-electron chi connectivity index (χ2n) is 26.3. The highest BCUT2D eigenvalue weighted by Crippen LogP contribution is 2.54. The highest BCUT2D eigenvalue weighted by atomic mass is 31.2. The first-order valence-corrected chi connectivity index (χ1v) is 40.7. The Kier molecular flexibility index (Phi) is 28.8. The average Bonchev–Trinajstić information content (AvgIpc) is 0.794. The number of rotatable bonds is 40. The number of aryl methyl sites for hydroxylation is 12. The lowest BCUT2D eigenvalue weighted by atomic mass is 9.92. The van der Waals surface area contributed by atoms with Gasteiger partial charge in [0.25, 0.3) is 22.1 Å². The lowest BCUT2D eigenvalue weighted by Crippen LogP contribution is -2.42. The maximum absolute atomic E-state index is 15.1. The van der Waals surface area contributed by atoms with Crippen LogP contribution in [0.1, 0.15) is 134 Å². The van der Waals surface area contributed by atoms with Crippen molar-refractivity contribution in [3.63, 3.8) is 0 Å². The number of carbonyl (C=O) groups excluding carboxylic acids is 4. The Bertz CT molecular complexity index is 3750. The summed E-state index contributed by atoms with van der Waals surface area (Å²) in [5.41, 5.74) is 7.20. The zero-order valence-electron chi connectivity index (χ0n) is 60.3. The number of hydrogen-bond acceptors (Lipinski definition) is 16. The van der Waals surface area contributed by atoms with Crippen molar-refractivity contribution in [3.8, 4) is 0 Å². The van der Waals surface area contributed by atoms with Gasteiger partial charge in [-0.25, -0.2) is 0 Å². The molecule has 0 bridgehead atoms. The molecule has 20 heteroatoms. The molecule has 8 aromatic rings. The van der Waals surface area contributed by atoms with Gasteiger partial charge in [-0.05, 0) is 202 Å². The SMILES string of the molecule is Cc1cc(C)c(C(=O)P(=O)(OCCCOCC(COCCCOP(=O)(C(=O)c2c(C)cc(C)cc2C)c2ccccc2)(COCCCOP(=O)(C(=O)c2c(C)cc(C)cc2C)c2ccccc2)COCCCOP(=O)(C(=O)c2c(C)cc(C)cc2C)c2ccccc2)c2ccccc2)c(C)c1. The molecule has 101 heavy (non-hydrogen) atoms. The molecular weight excluding hydrogens is 1350 g/mol. The molecule has 0 spiro atoms. The first-order valence-electron chi connectivity index (χ1n) is 34.2. The monoisotopic (exact) mass is 1450 g/mol. The molecule has 536 valence electrons. The van der Waals surface area contributed by atoms with E-state index in [9.17, 15) is 19.2 Å². The topological polar surface area (TPSA) is 210 Å². The second kappa shape index (κ2) is 36.5. The summed E-state index contributed by atoms with van der Waals surface area (Å²) < 4.78 is 111. The second-order valence-corrected chi connectivity index (χ2v) is 35.5. The van der Waals surface area contributed by atoms with Crippen LogP contribution in [-0.2, 0) is 55.3 Å². The molecule has 16 nitrogen and oxygen atoms in total. The van der Waals surface area contributed by atoms with Gasteiger partial charge in [-0.15, -0.1) is 0 Å². The fourth-order valence-corrected chi connectivity index (χ4v) is 21.4. The Balaban J connectivity index is 1.04. The Hall–Kier alpha value is -6.96. The van der Waals surface area contributed by atoms with Crippen molar-refractivity contribution < 1.29 is 74.5 Å². The molecule has 0 aliphatic carbocycles. The van der Waals surface area contributed by atoms with Crippen molar-refractivity contribution >= 4 is 72.8 Å². The van der Waals surface area contributed by atoms with E-state index in [1.807, 2.05) is 132 Å². The Morgan fingerprint density at radius 2 is 0.436 bits per heavy atom. The van der Waals surface area contributed by atoms with Crippen molar-refractivity contribution in [2.24, 2.45) is 5.41 Å². The fourth-order valence-electron chi connectivity index (χ4n) is 13.0. The largest absolute Gasteiger partial charge is 0.381 e. The van der Waals surface area contributed by atoms with Crippen molar-refractivity contribution in [1.82, 2.24) is 0 Å². The number of hydrogen-bond donors (Lipinski definition) is 0. The standard InChI is InChI=1S/C81H96O16P4/c1-57-45-61(5)73(62(6)46-57)77(82)98(86,69-29-17-13-18-30-69)94-41-25-37-90-53-81(54-91-38-26-42-95-99(87,70-31-19-14-20-32-70)78(83)74-63(7)47-58(2)48-64(74)8,55-92-39-27-43-96-100(88,71-33-21-15-22-34-71)79(84)75-65(9)49-59(3)50-66(75)10)56-93-40-28-44-97-101(89,72-35-23-16-24-36-72)80(85)76-67(11)51-60(4)52-68(76)12/h13-24,29-36,45-52H,25-28,37-44,53-56H2,1-12H3. The third-order valence-electron chi connectivity index (χ3n) is 17.5. The van der Waals surface area contributed by atoms with Crippen LogP contribution >= 0.6 is 29.5 Å². The third-order valence-corrected chi connectivity index (χ3v) is 26.6. The average molecular weight is 1450 g/mol. The Morgan fingerprint density at radius 3 is 0.604 bits per heavy atom. The highest BCUT2D eigenvalue weighted by molar-refractivity contribution is 7.84. The predicted molar refractivity (Wildman–Crippen MR) is 403 cm³/mol. The van der Waals surface area contributed by atoms with Crippen LogP contribution < -0.4 is 21.2 Å². The number of carbonyl (C=O) groups is 4. The minimum atomic E-state index is -4.17. The van der Waals surface area contributed by atoms with Gasteiger partial charge in [0.2, 0.25) is 0 Å². The van der Waals surface area contributed by atoms with Crippen LogP contribution in [0.5, 0.6) is 0 Å². The molecule has 4 unspecified atom stereocenters. The molecule has 0 aliphatic rings. The normalized spacial score (nSPS) is 14.6. The minimum absolute atomic E-state index is 0.0526. The molecule has 0 fully saturated rings. The molecule has 8 aromatic carbocycles. The van der Waals surface area contributed by atoms with E-state index in [0.29, 0.717) is 66.8 Å². The van der Waals surface area contributed by atoms with Gasteiger partial charge >= 0.3 is 29.5 Å². The predicted octanol–water partition coefficient (Wildman–Crippen LogP) is 17.1. The highest BCUT2D eigenvalue weighted by Gasteiger charge is 2.42. The van der Waals surface area contributed by atoms with E-state index in [0.717, 1.165) is 22.3 Å². The maximum Gasteiger partial charge on any atom is 0.300 e. The molecule has 0 saturated carbocycles. The molecule has 0 saturated heterocycles. The van der Waals surface area contributed by atoms with Gasteiger partial charge in [-0.1, -0.05) is 144 Å². The third kappa shape index (κ3) is 19.9. The Labute approximate surface area is 596 Å². The van der Waals surface area contributed by atoms with E-state index in [-0.39, 0.29) is 126 Å². The summed E-state index contributed by atoms with van der Waals surface area (Å²) in [7, 11) is -16.7. The van der Waals surface area contributed by atoms with Gasteiger partial charge in [0.15, 0.2) is 0 Å². The lowest BCUT2D eigenvalue weighted by molar-refractivity contribution is -0.109. The molecule has 8 rings (SSSR count). The van der Waals surface area contributed by atoms with E-state index >= 15 is 18.3 Å². The molecule has 0 aliphatic heterocycles. The molecule has 4 atom stereocenters. The summed E-state index contributed by atoms with van der Waals surface area (Å²) in [5, 5.41) is 1.05. The summed E-state index contributed by atoms with van der Waals surface area (Å²) in [6.07, 6.45) is 0.802. The zero-order valence-corrected chi connectivity index (χ0v) is 63.9. The molecule has 0 radical (unpaired) electrons. The molecule has 0 aromatic heterocycles. The van der Waals surface area contributed by atoms with E-state index in [1.54, 1.807) is 121 Å². The van der Waals surface area contributed by atoms with Crippen molar-refractivity contribution in [3.05, 3.63) is 259 Å². The summed E-state index contributed by atoms with van der Waals surface area (Å²) in [4.78, 5) is 58.0. The zero-order chi connectivity index (χ0) is 73.1. The maximum atomic E-state index is 15.1. The van der Waals surface area contributed by atoms with Gasteiger partial charge in [-0.2, -0.15) is 0 Å². The molecule has 0 heterocycles. The van der Waals surface area contributed by atoms with Gasteiger partial charge in [0.1, 0.15) is 0 Å². The first kappa shape index (κ1) is 79.7. The summed E-state index contributed by atoms with van der Waals surface area (Å²) in [5.74, 6) is 0. The summed E-state index contributed by atoms with van der Waals surface area (Å²) in [6, 6.07) is 48.9.